The van der Waals surface area contributed by atoms with Gasteiger partial charge in [0.05, 0.1) is 5.56 Å². The Balaban J connectivity index is 0.00000116. The van der Waals surface area contributed by atoms with Crippen molar-refractivity contribution in [2.45, 2.75) is 58.5 Å². The zero-order chi connectivity index (χ0) is 16.9. The van der Waals surface area contributed by atoms with Gasteiger partial charge in [-0.15, -0.1) is 0 Å². The van der Waals surface area contributed by atoms with Crippen molar-refractivity contribution < 1.29 is 13.2 Å². The predicted octanol–water partition coefficient (Wildman–Crippen LogP) is 5.66. The summed E-state index contributed by atoms with van der Waals surface area (Å²) in [6.45, 7) is 9.79. The fraction of sp³-hybridized carbons (Fsp3) is 0.667. The van der Waals surface area contributed by atoms with E-state index in [2.05, 4.69) is 11.9 Å². The zero-order valence-electron chi connectivity index (χ0n) is 14.3. The van der Waals surface area contributed by atoms with Crippen LogP contribution >= 0.6 is 0 Å². The molecule has 0 N–H and O–H groups in total. The Morgan fingerprint density at radius 2 is 1.59 bits per heavy atom. The fourth-order valence-electron chi connectivity index (χ4n) is 2.75. The van der Waals surface area contributed by atoms with E-state index in [-0.39, 0.29) is 11.8 Å². The summed E-state index contributed by atoms with van der Waals surface area (Å²) in [5, 5.41) is 0. The third-order valence-corrected chi connectivity index (χ3v) is 4.16. The first-order valence-electron chi connectivity index (χ1n) is 8.18. The molecular formula is C18H28F3N. The fourth-order valence-corrected chi connectivity index (χ4v) is 2.75. The third-order valence-electron chi connectivity index (χ3n) is 4.16. The van der Waals surface area contributed by atoms with Crippen LogP contribution in [0.1, 0.15) is 69.1 Å². The van der Waals surface area contributed by atoms with E-state index in [0.717, 1.165) is 37.1 Å². The summed E-state index contributed by atoms with van der Waals surface area (Å²) in [4.78, 5) is 2.23. The number of rotatable bonds is 2. The van der Waals surface area contributed by atoms with E-state index in [1.165, 1.54) is 12.1 Å². The summed E-state index contributed by atoms with van der Waals surface area (Å²) >= 11 is 0. The van der Waals surface area contributed by atoms with Crippen molar-refractivity contribution in [1.29, 1.82) is 0 Å². The highest BCUT2D eigenvalue weighted by Gasteiger charge is 2.32. The monoisotopic (exact) mass is 315 g/mol. The van der Waals surface area contributed by atoms with Gasteiger partial charge in [0.2, 0.25) is 0 Å². The van der Waals surface area contributed by atoms with Crippen molar-refractivity contribution in [3.8, 4) is 0 Å². The molecule has 126 valence electrons. The van der Waals surface area contributed by atoms with Gasteiger partial charge in [0.15, 0.2) is 0 Å². The molecule has 0 radical (unpaired) electrons. The first kappa shape index (κ1) is 19.0. The molecule has 1 fully saturated rings. The summed E-state index contributed by atoms with van der Waals surface area (Å²) in [6.07, 6.45) is -2.38. The molecule has 1 aromatic rings. The van der Waals surface area contributed by atoms with Crippen molar-refractivity contribution in [1.82, 2.24) is 4.90 Å². The summed E-state index contributed by atoms with van der Waals surface area (Å²) in [5.41, 5.74) is 1.14. The molecule has 0 aliphatic carbocycles. The van der Waals surface area contributed by atoms with Crippen LogP contribution in [0.2, 0.25) is 0 Å². The molecule has 1 nitrogen and oxygen atoms in total. The Morgan fingerprint density at radius 3 is 2.05 bits per heavy atom. The van der Waals surface area contributed by atoms with E-state index in [0.29, 0.717) is 0 Å². The van der Waals surface area contributed by atoms with Gasteiger partial charge in [-0.1, -0.05) is 33.8 Å². The van der Waals surface area contributed by atoms with Gasteiger partial charge in [0, 0.05) is 0 Å². The van der Waals surface area contributed by atoms with Gasteiger partial charge in [-0.2, -0.15) is 13.2 Å². The van der Waals surface area contributed by atoms with Gasteiger partial charge in [-0.3, -0.25) is 0 Å². The number of likely N-dealkylation sites (tertiary alicyclic amines) is 1. The van der Waals surface area contributed by atoms with E-state index in [1.807, 2.05) is 33.8 Å². The van der Waals surface area contributed by atoms with E-state index in [1.54, 1.807) is 0 Å². The Bertz CT molecular complexity index is 458. The van der Waals surface area contributed by atoms with E-state index in [4.69, 9.17) is 0 Å². The van der Waals surface area contributed by atoms with Gasteiger partial charge in [-0.25, -0.2) is 0 Å². The summed E-state index contributed by atoms with van der Waals surface area (Å²) < 4.78 is 39.1. The molecule has 0 atom stereocenters. The largest absolute Gasteiger partial charge is 0.416 e. The number of hydrogen-bond donors (Lipinski definition) is 0. The van der Waals surface area contributed by atoms with Crippen molar-refractivity contribution in [3.05, 3.63) is 34.9 Å². The van der Waals surface area contributed by atoms with E-state index in [9.17, 15) is 13.2 Å². The van der Waals surface area contributed by atoms with Crippen LogP contribution in [0.25, 0.3) is 0 Å². The first-order chi connectivity index (χ1) is 10.3. The van der Waals surface area contributed by atoms with E-state index >= 15 is 0 Å². The minimum atomic E-state index is -4.26. The van der Waals surface area contributed by atoms with Crippen molar-refractivity contribution in [3.63, 3.8) is 0 Å². The molecule has 0 aromatic heterocycles. The quantitative estimate of drug-likeness (QED) is 0.680. The summed E-state index contributed by atoms with van der Waals surface area (Å²) in [5.74, 6) is 0.369. The van der Waals surface area contributed by atoms with Crippen LogP contribution in [-0.4, -0.2) is 25.0 Å². The van der Waals surface area contributed by atoms with Gasteiger partial charge in [0.25, 0.3) is 0 Å². The molecule has 1 heterocycles. The molecule has 0 bridgehead atoms. The lowest BCUT2D eigenvalue weighted by Crippen LogP contribution is -2.29. The molecule has 2 rings (SSSR count). The van der Waals surface area contributed by atoms with E-state index < -0.39 is 11.7 Å². The molecule has 0 saturated carbocycles. The second-order valence-electron chi connectivity index (χ2n) is 6.12. The van der Waals surface area contributed by atoms with Crippen LogP contribution in [0.5, 0.6) is 0 Å². The maximum absolute atomic E-state index is 13.0. The molecular weight excluding hydrogens is 287 g/mol. The maximum Gasteiger partial charge on any atom is 0.416 e. The Kier molecular flexibility index (Phi) is 6.92. The molecule has 1 aromatic carbocycles. The number of alkyl halides is 3. The molecule has 0 amide bonds. The number of piperidine rings is 1. The Hall–Kier alpha value is -1.03. The second kappa shape index (κ2) is 8.00. The highest BCUT2D eigenvalue weighted by Crippen LogP contribution is 2.36. The molecule has 4 heteroatoms. The number of nitrogens with zero attached hydrogens (tertiary/aromatic N) is 1. The molecule has 1 saturated heterocycles. The smallest absolute Gasteiger partial charge is 0.306 e. The van der Waals surface area contributed by atoms with Crippen LogP contribution in [0.3, 0.4) is 0 Å². The van der Waals surface area contributed by atoms with Crippen LogP contribution in [-0.2, 0) is 6.18 Å². The topological polar surface area (TPSA) is 3.24 Å². The van der Waals surface area contributed by atoms with Crippen LogP contribution in [0.4, 0.5) is 13.2 Å². The summed E-state index contributed by atoms with van der Waals surface area (Å²) in [7, 11) is 2.06. The lowest BCUT2D eigenvalue weighted by molar-refractivity contribution is -0.137. The highest BCUT2D eigenvalue weighted by atomic mass is 19.4. The van der Waals surface area contributed by atoms with Crippen molar-refractivity contribution >= 4 is 0 Å². The van der Waals surface area contributed by atoms with Gasteiger partial charge in [-0.05, 0) is 68.1 Å². The number of halogens is 3. The minimum Gasteiger partial charge on any atom is -0.306 e. The first-order valence-corrected chi connectivity index (χ1v) is 8.18. The minimum absolute atomic E-state index is 0.113. The zero-order valence-corrected chi connectivity index (χ0v) is 14.3. The van der Waals surface area contributed by atoms with Crippen molar-refractivity contribution in [2.75, 3.05) is 20.1 Å². The molecule has 1 aliphatic heterocycles. The van der Waals surface area contributed by atoms with Gasteiger partial charge < -0.3 is 4.90 Å². The molecule has 22 heavy (non-hydrogen) atoms. The van der Waals surface area contributed by atoms with Crippen LogP contribution in [0, 0.1) is 0 Å². The molecule has 0 unspecified atom stereocenters. The third kappa shape index (κ3) is 5.01. The van der Waals surface area contributed by atoms with Crippen LogP contribution < -0.4 is 0 Å². The average molecular weight is 315 g/mol. The molecule has 0 spiro atoms. The van der Waals surface area contributed by atoms with Crippen LogP contribution in [0.15, 0.2) is 18.2 Å². The second-order valence-corrected chi connectivity index (χ2v) is 6.12. The summed E-state index contributed by atoms with van der Waals surface area (Å²) in [6, 6.07) is 4.61. The maximum atomic E-state index is 13.0. The Labute approximate surface area is 132 Å². The lowest BCUT2D eigenvalue weighted by atomic mass is 9.86. The lowest BCUT2D eigenvalue weighted by Gasteiger charge is -2.30. The number of hydrogen-bond acceptors (Lipinski definition) is 1. The SMILES string of the molecule is CC.CC(C)c1cc(C2CCN(C)CC2)cc(C(F)(F)F)c1. The molecule has 1 aliphatic rings. The highest BCUT2D eigenvalue weighted by molar-refractivity contribution is 5.35. The number of benzene rings is 1. The van der Waals surface area contributed by atoms with Crippen molar-refractivity contribution in [2.24, 2.45) is 0 Å². The normalized spacial score (nSPS) is 17.3. The van der Waals surface area contributed by atoms with Gasteiger partial charge in [0.1, 0.15) is 0 Å². The van der Waals surface area contributed by atoms with Gasteiger partial charge >= 0.3 is 6.18 Å². The standard InChI is InChI=1S/C16H22F3N.C2H6/c1-11(2)13-8-14(10-15(9-13)16(17,18)19)12-4-6-20(3)7-5-12;1-2/h8-12H,4-7H2,1-3H3;1-2H3. The predicted molar refractivity (Wildman–Crippen MR) is 86.4 cm³/mol. The Morgan fingerprint density at radius 1 is 1.05 bits per heavy atom. The average Bonchev–Trinajstić information content (AvgIpc) is 2.48.